The zero-order valence-corrected chi connectivity index (χ0v) is 20.2. The highest BCUT2D eigenvalue weighted by Crippen LogP contribution is 2.18. The summed E-state index contributed by atoms with van der Waals surface area (Å²) in [6.45, 7) is 15.6. The van der Waals surface area contributed by atoms with Crippen molar-refractivity contribution in [2.45, 2.75) is 47.2 Å². The van der Waals surface area contributed by atoms with Gasteiger partial charge in [0.05, 0.1) is 23.8 Å². The SMILES string of the molecule is CCNC(=NCc1sc(C)nc1C)N1CCN(CC(=O)NC(C)C)CC1.I. The minimum absolute atomic E-state index is 0. The maximum Gasteiger partial charge on any atom is 0.234 e. The summed E-state index contributed by atoms with van der Waals surface area (Å²) >= 11 is 1.72. The summed E-state index contributed by atoms with van der Waals surface area (Å²) in [5.41, 5.74) is 1.08. The molecule has 1 aliphatic heterocycles. The van der Waals surface area contributed by atoms with Gasteiger partial charge in [-0.2, -0.15) is 0 Å². The summed E-state index contributed by atoms with van der Waals surface area (Å²) in [4.78, 5) is 26.9. The lowest BCUT2D eigenvalue weighted by molar-refractivity contribution is -0.123. The summed E-state index contributed by atoms with van der Waals surface area (Å²) in [5, 5.41) is 7.44. The number of nitrogens with one attached hydrogen (secondary N) is 2. The molecule has 1 saturated heterocycles. The molecule has 7 nitrogen and oxygen atoms in total. The van der Waals surface area contributed by atoms with Crippen LogP contribution in [0.5, 0.6) is 0 Å². The van der Waals surface area contributed by atoms with Crippen LogP contribution in [0.25, 0.3) is 0 Å². The van der Waals surface area contributed by atoms with E-state index in [0.29, 0.717) is 13.1 Å². The third-order valence-electron chi connectivity index (χ3n) is 4.20. The summed E-state index contributed by atoms with van der Waals surface area (Å²) in [6.07, 6.45) is 0. The predicted molar refractivity (Wildman–Crippen MR) is 123 cm³/mol. The Morgan fingerprint density at radius 2 is 1.93 bits per heavy atom. The van der Waals surface area contributed by atoms with E-state index in [0.717, 1.165) is 49.4 Å². The summed E-state index contributed by atoms with van der Waals surface area (Å²) in [6, 6.07) is 0.190. The highest BCUT2D eigenvalue weighted by molar-refractivity contribution is 14.0. The molecule has 2 heterocycles. The summed E-state index contributed by atoms with van der Waals surface area (Å²) in [7, 11) is 0. The minimum atomic E-state index is 0. The topological polar surface area (TPSA) is 72.9 Å². The van der Waals surface area contributed by atoms with Crippen LogP contribution < -0.4 is 10.6 Å². The van der Waals surface area contributed by atoms with Crippen LogP contribution in [0.4, 0.5) is 0 Å². The summed E-state index contributed by atoms with van der Waals surface area (Å²) in [5.74, 6) is 1.05. The van der Waals surface area contributed by atoms with Crippen molar-refractivity contribution in [1.29, 1.82) is 0 Å². The smallest absolute Gasteiger partial charge is 0.234 e. The van der Waals surface area contributed by atoms with E-state index in [1.165, 1.54) is 4.88 Å². The largest absolute Gasteiger partial charge is 0.357 e. The minimum Gasteiger partial charge on any atom is -0.357 e. The number of thiazole rings is 1. The van der Waals surface area contributed by atoms with E-state index in [-0.39, 0.29) is 35.9 Å². The fraction of sp³-hybridized carbons (Fsp3) is 0.722. The van der Waals surface area contributed by atoms with Gasteiger partial charge in [0.25, 0.3) is 0 Å². The Bertz CT molecular complexity index is 625. The summed E-state index contributed by atoms with van der Waals surface area (Å²) < 4.78 is 0. The van der Waals surface area contributed by atoms with Crippen molar-refractivity contribution in [3.05, 3.63) is 15.6 Å². The molecule has 1 aromatic rings. The zero-order valence-electron chi connectivity index (χ0n) is 17.0. The van der Waals surface area contributed by atoms with Gasteiger partial charge in [0, 0.05) is 43.6 Å². The number of carbonyl (C=O) groups excluding carboxylic acids is 1. The second-order valence-electron chi connectivity index (χ2n) is 6.90. The molecule has 1 amide bonds. The Morgan fingerprint density at radius 3 is 2.44 bits per heavy atom. The molecule has 1 aliphatic rings. The van der Waals surface area contributed by atoms with Crippen molar-refractivity contribution in [2.75, 3.05) is 39.3 Å². The van der Waals surface area contributed by atoms with Gasteiger partial charge in [0.2, 0.25) is 5.91 Å². The third kappa shape index (κ3) is 7.90. The van der Waals surface area contributed by atoms with Crippen LogP contribution in [0.3, 0.4) is 0 Å². The monoisotopic (exact) mass is 508 g/mol. The Kier molecular flexibility index (Phi) is 10.5. The number of aliphatic imine (C=N–C) groups is 1. The second-order valence-corrected chi connectivity index (χ2v) is 8.18. The maximum atomic E-state index is 11.9. The van der Waals surface area contributed by atoms with E-state index in [2.05, 4.69) is 32.3 Å². The van der Waals surface area contributed by atoms with Crippen LogP contribution in [0.15, 0.2) is 4.99 Å². The first-order valence-electron chi connectivity index (χ1n) is 9.37. The normalized spacial score (nSPS) is 15.6. The van der Waals surface area contributed by atoms with Crippen molar-refractivity contribution in [1.82, 2.24) is 25.4 Å². The standard InChI is InChI=1S/C18H32N6OS.HI/c1-6-19-18(20-11-16-14(4)22-15(5)26-16)24-9-7-23(8-10-24)12-17(25)21-13(2)3;/h13H,6-12H2,1-5H3,(H,19,20)(H,21,25);1H. The molecule has 2 rings (SSSR count). The number of halogens is 1. The highest BCUT2D eigenvalue weighted by Gasteiger charge is 2.21. The number of rotatable bonds is 6. The molecule has 0 bridgehead atoms. The van der Waals surface area contributed by atoms with Crippen LogP contribution in [0, 0.1) is 13.8 Å². The molecule has 27 heavy (non-hydrogen) atoms. The van der Waals surface area contributed by atoms with E-state index in [4.69, 9.17) is 4.99 Å². The van der Waals surface area contributed by atoms with Gasteiger partial charge >= 0.3 is 0 Å². The van der Waals surface area contributed by atoms with Crippen LogP contribution in [0.1, 0.15) is 36.3 Å². The van der Waals surface area contributed by atoms with Gasteiger partial charge in [0.1, 0.15) is 0 Å². The van der Waals surface area contributed by atoms with E-state index in [1.54, 1.807) is 11.3 Å². The second kappa shape index (κ2) is 11.8. The number of carbonyl (C=O) groups is 1. The van der Waals surface area contributed by atoms with E-state index in [1.807, 2.05) is 27.7 Å². The Balaban J connectivity index is 0.00000364. The van der Waals surface area contributed by atoms with Gasteiger partial charge in [-0.3, -0.25) is 9.69 Å². The molecule has 2 N–H and O–H groups in total. The predicted octanol–water partition coefficient (Wildman–Crippen LogP) is 1.99. The molecule has 9 heteroatoms. The van der Waals surface area contributed by atoms with Gasteiger partial charge in [0.15, 0.2) is 5.96 Å². The van der Waals surface area contributed by atoms with Crippen LogP contribution in [-0.4, -0.2) is 72.0 Å². The lowest BCUT2D eigenvalue weighted by atomic mass is 10.3. The van der Waals surface area contributed by atoms with Crippen molar-refractivity contribution in [2.24, 2.45) is 4.99 Å². The van der Waals surface area contributed by atoms with Gasteiger partial charge in [-0.25, -0.2) is 9.98 Å². The third-order valence-corrected chi connectivity index (χ3v) is 5.25. The average molecular weight is 508 g/mol. The van der Waals surface area contributed by atoms with Gasteiger partial charge < -0.3 is 15.5 Å². The zero-order chi connectivity index (χ0) is 19.1. The first-order valence-corrected chi connectivity index (χ1v) is 10.2. The lowest BCUT2D eigenvalue weighted by Crippen LogP contribution is -2.54. The molecule has 0 aliphatic carbocycles. The lowest BCUT2D eigenvalue weighted by Gasteiger charge is -2.36. The molecule has 0 unspecified atom stereocenters. The first kappa shape index (κ1) is 24.1. The first-order chi connectivity index (χ1) is 12.4. The Morgan fingerprint density at radius 1 is 1.26 bits per heavy atom. The van der Waals surface area contributed by atoms with E-state index >= 15 is 0 Å². The Hall–Kier alpha value is -0.940. The molecule has 0 radical (unpaired) electrons. The van der Waals surface area contributed by atoms with Gasteiger partial charge in [-0.05, 0) is 34.6 Å². The quantitative estimate of drug-likeness (QED) is 0.350. The molecule has 0 aromatic carbocycles. The number of piperazine rings is 1. The molecular weight excluding hydrogens is 475 g/mol. The molecule has 154 valence electrons. The number of hydrogen-bond acceptors (Lipinski definition) is 5. The number of aromatic nitrogens is 1. The van der Waals surface area contributed by atoms with Crippen LogP contribution in [-0.2, 0) is 11.3 Å². The molecule has 0 atom stereocenters. The molecule has 1 fully saturated rings. The fourth-order valence-corrected chi connectivity index (χ4v) is 3.84. The molecule has 1 aromatic heterocycles. The highest BCUT2D eigenvalue weighted by atomic mass is 127. The van der Waals surface area contributed by atoms with Crippen LogP contribution in [0.2, 0.25) is 0 Å². The molecule has 0 saturated carbocycles. The number of hydrogen-bond donors (Lipinski definition) is 2. The van der Waals surface area contributed by atoms with Crippen LogP contribution >= 0.6 is 35.3 Å². The maximum absolute atomic E-state index is 11.9. The number of amides is 1. The molecule has 0 spiro atoms. The number of nitrogens with zero attached hydrogens (tertiary/aromatic N) is 4. The van der Waals surface area contributed by atoms with Gasteiger partial charge in [-0.15, -0.1) is 35.3 Å². The Labute approximate surface area is 184 Å². The molecular formula is C18H33IN6OS. The van der Waals surface area contributed by atoms with Crippen molar-refractivity contribution in [3.63, 3.8) is 0 Å². The number of guanidine groups is 1. The van der Waals surface area contributed by atoms with E-state index < -0.39 is 0 Å². The van der Waals surface area contributed by atoms with Crippen molar-refractivity contribution in [3.8, 4) is 0 Å². The van der Waals surface area contributed by atoms with Crippen molar-refractivity contribution < 1.29 is 4.79 Å². The van der Waals surface area contributed by atoms with Gasteiger partial charge in [-0.1, -0.05) is 0 Å². The van der Waals surface area contributed by atoms with Crippen molar-refractivity contribution >= 4 is 47.2 Å². The average Bonchev–Trinajstić information content (AvgIpc) is 2.89. The fourth-order valence-electron chi connectivity index (χ4n) is 2.98. The number of aryl methyl sites for hydroxylation is 2. The van der Waals surface area contributed by atoms with E-state index in [9.17, 15) is 4.79 Å².